The first-order valence-corrected chi connectivity index (χ1v) is 6.93. The standard InChI is InChI=1S/C15H19NO2S/c1-9-7-13(10(2)19-9)15(16)12-6-5-11(17-3)8-14(12)18-4/h5-8,15H,16H2,1-4H3. The summed E-state index contributed by atoms with van der Waals surface area (Å²) < 4.78 is 10.6. The van der Waals surface area contributed by atoms with Crippen molar-refractivity contribution in [1.29, 1.82) is 0 Å². The Kier molecular flexibility index (Phi) is 4.12. The Balaban J connectivity index is 2.43. The number of hydrogen-bond acceptors (Lipinski definition) is 4. The van der Waals surface area contributed by atoms with Gasteiger partial charge in [-0.2, -0.15) is 0 Å². The van der Waals surface area contributed by atoms with Crippen molar-refractivity contribution in [2.45, 2.75) is 19.9 Å². The van der Waals surface area contributed by atoms with Crippen LogP contribution in [0.3, 0.4) is 0 Å². The number of ether oxygens (including phenoxy) is 2. The van der Waals surface area contributed by atoms with E-state index in [0.717, 1.165) is 22.6 Å². The normalized spacial score (nSPS) is 12.3. The molecule has 0 saturated carbocycles. The minimum atomic E-state index is -0.175. The highest BCUT2D eigenvalue weighted by molar-refractivity contribution is 7.12. The van der Waals surface area contributed by atoms with Crippen molar-refractivity contribution in [2.24, 2.45) is 5.73 Å². The van der Waals surface area contributed by atoms with Crippen molar-refractivity contribution in [1.82, 2.24) is 0 Å². The first-order valence-electron chi connectivity index (χ1n) is 6.11. The Morgan fingerprint density at radius 3 is 2.32 bits per heavy atom. The average molecular weight is 277 g/mol. The summed E-state index contributed by atoms with van der Waals surface area (Å²) >= 11 is 1.77. The van der Waals surface area contributed by atoms with E-state index in [1.54, 1.807) is 25.6 Å². The van der Waals surface area contributed by atoms with Gasteiger partial charge in [-0.1, -0.05) is 0 Å². The van der Waals surface area contributed by atoms with Crippen LogP contribution in [-0.4, -0.2) is 14.2 Å². The molecular formula is C15H19NO2S. The van der Waals surface area contributed by atoms with E-state index in [1.165, 1.54) is 9.75 Å². The summed E-state index contributed by atoms with van der Waals surface area (Å²) in [5.41, 5.74) is 8.52. The average Bonchev–Trinajstić information content (AvgIpc) is 2.76. The molecule has 2 rings (SSSR count). The molecule has 102 valence electrons. The van der Waals surface area contributed by atoms with Crippen molar-refractivity contribution < 1.29 is 9.47 Å². The van der Waals surface area contributed by atoms with Crippen molar-refractivity contribution in [3.8, 4) is 11.5 Å². The molecule has 0 saturated heterocycles. The lowest BCUT2D eigenvalue weighted by Gasteiger charge is -2.16. The van der Waals surface area contributed by atoms with Crippen LogP contribution in [0.15, 0.2) is 24.3 Å². The SMILES string of the molecule is COc1ccc(C(N)c2cc(C)sc2C)c(OC)c1. The van der Waals surface area contributed by atoms with Gasteiger partial charge in [0.1, 0.15) is 11.5 Å². The Hall–Kier alpha value is -1.52. The quantitative estimate of drug-likeness (QED) is 0.931. The summed E-state index contributed by atoms with van der Waals surface area (Å²) in [6, 6.07) is 7.71. The van der Waals surface area contributed by atoms with Crippen LogP contribution >= 0.6 is 11.3 Å². The third-order valence-corrected chi connectivity index (χ3v) is 4.17. The van der Waals surface area contributed by atoms with Crippen molar-refractivity contribution in [2.75, 3.05) is 14.2 Å². The molecule has 1 heterocycles. The topological polar surface area (TPSA) is 44.5 Å². The fourth-order valence-corrected chi connectivity index (χ4v) is 3.17. The van der Waals surface area contributed by atoms with Gasteiger partial charge in [0, 0.05) is 21.4 Å². The molecule has 3 nitrogen and oxygen atoms in total. The Labute approximate surface area is 118 Å². The van der Waals surface area contributed by atoms with Crippen LogP contribution in [-0.2, 0) is 0 Å². The first kappa shape index (κ1) is 13.9. The molecule has 0 radical (unpaired) electrons. The van der Waals surface area contributed by atoms with Crippen LogP contribution in [0.25, 0.3) is 0 Å². The highest BCUT2D eigenvalue weighted by atomic mass is 32.1. The third-order valence-electron chi connectivity index (χ3n) is 3.19. The monoisotopic (exact) mass is 277 g/mol. The predicted molar refractivity (Wildman–Crippen MR) is 79.4 cm³/mol. The molecule has 19 heavy (non-hydrogen) atoms. The summed E-state index contributed by atoms with van der Waals surface area (Å²) in [4.78, 5) is 2.53. The lowest BCUT2D eigenvalue weighted by Crippen LogP contribution is -2.13. The van der Waals surface area contributed by atoms with E-state index in [9.17, 15) is 0 Å². The molecule has 4 heteroatoms. The number of nitrogens with two attached hydrogens (primary N) is 1. The maximum Gasteiger partial charge on any atom is 0.127 e. The zero-order chi connectivity index (χ0) is 14.0. The second kappa shape index (κ2) is 5.63. The molecule has 0 bridgehead atoms. The van der Waals surface area contributed by atoms with Gasteiger partial charge in [-0.15, -0.1) is 11.3 Å². The molecule has 1 aromatic carbocycles. The fourth-order valence-electron chi connectivity index (χ4n) is 2.20. The molecule has 1 unspecified atom stereocenters. The fraction of sp³-hybridized carbons (Fsp3) is 0.333. The number of benzene rings is 1. The Bertz CT molecular complexity index is 578. The zero-order valence-electron chi connectivity index (χ0n) is 11.7. The van der Waals surface area contributed by atoms with Gasteiger partial charge in [0.15, 0.2) is 0 Å². The first-order chi connectivity index (χ1) is 9.06. The zero-order valence-corrected chi connectivity index (χ0v) is 12.5. The number of methoxy groups -OCH3 is 2. The molecule has 0 fully saturated rings. The van der Waals surface area contributed by atoms with Crippen LogP contribution in [0, 0.1) is 13.8 Å². The van der Waals surface area contributed by atoms with E-state index in [4.69, 9.17) is 15.2 Å². The highest BCUT2D eigenvalue weighted by Crippen LogP contribution is 2.35. The van der Waals surface area contributed by atoms with Crippen molar-refractivity contribution >= 4 is 11.3 Å². The smallest absolute Gasteiger partial charge is 0.127 e. The lowest BCUT2D eigenvalue weighted by molar-refractivity contribution is 0.390. The molecule has 2 aromatic rings. The van der Waals surface area contributed by atoms with Gasteiger partial charge < -0.3 is 15.2 Å². The van der Waals surface area contributed by atoms with Crippen LogP contribution in [0.4, 0.5) is 0 Å². The van der Waals surface area contributed by atoms with Gasteiger partial charge in [0.25, 0.3) is 0 Å². The van der Waals surface area contributed by atoms with Gasteiger partial charge in [0.2, 0.25) is 0 Å². The maximum atomic E-state index is 6.38. The van der Waals surface area contributed by atoms with E-state index >= 15 is 0 Å². The highest BCUT2D eigenvalue weighted by Gasteiger charge is 2.18. The number of rotatable bonds is 4. The summed E-state index contributed by atoms with van der Waals surface area (Å²) in [7, 11) is 3.29. The van der Waals surface area contributed by atoms with Crippen LogP contribution in [0.1, 0.15) is 26.9 Å². The van der Waals surface area contributed by atoms with Crippen LogP contribution in [0.5, 0.6) is 11.5 Å². The Morgan fingerprint density at radius 1 is 1.05 bits per heavy atom. The summed E-state index contributed by atoms with van der Waals surface area (Å²) in [6.45, 7) is 4.20. The van der Waals surface area contributed by atoms with Crippen molar-refractivity contribution in [3.05, 3.63) is 45.1 Å². The van der Waals surface area contributed by atoms with Gasteiger partial charge >= 0.3 is 0 Å². The van der Waals surface area contributed by atoms with Crippen LogP contribution in [0.2, 0.25) is 0 Å². The van der Waals surface area contributed by atoms with E-state index < -0.39 is 0 Å². The number of hydrogen-bond donors (Lipinski definition) is 1. The number of aryl methyl sites for hydroxylation is 2. The second-order valence-electron chi connectivity index (χ2n) is 4.45. The molecule has 0 aliphatic heterocycles. The summed E-state index contributed by atoms with van der Waals surface area (Å²) in [5.74, 6) is 1.53. The van der Waals surface area contributed by atoms with E-state index in [1.807, 2.05) is 18.2 Å². The Morgan fingerprint density at radius 2 is 1.79 bits per heavy atom. The molecule has 0 aliphatic carbocycles. The van der Waals surface area contributed by atoms with E-state index in [-0.39, 0.29) is 6.04 Å². The molecule has 1 atom stereocenters. The van der Waals surface area contributed by atoms with E-state index in [2.05, 4.69) is 19.9 Å². The molecule has 2 N–H and O–H groups in total. The molecule has 1 aromatic heterocycles. The minimum absolute atomic E-state index is 0.175. The van der Waals surface area contributed by atoms with Gasteiger partial charge in [-0.05, 0) is 37.6 Å². The van der Waals surface area contributed by atoms with E-state index in [0.29, 0.717) is 0 Å². The van der Waals surface area contributed by atoms with Gasteiger partial charge in [-0.3, -0.25) is 0 Å². The maximum absolute atomic E-state index is 6.38. The molecule has 0 aliphatic rings. The molecule has 0 spiro atoms. The van der Waals surface area contributed by atoms with Gasteiger partial charge in [-0.25, -0.2) is 0 Å². The third kappa shape index (κ3) is 2.74. The van der Waals surface area contributed by atoms with Gasteiger partial charge in [0.05, 0.1) is 20.3 Å². The molecular weight excluding hydrogens is 258 g/mol. The molecule has 0 amide bonds. The van der Waals surface area contributed by atoms with Crippen LogP contribution < -0.4 is 15.2 Å². The minimum Gasteiger partial charge on any atom is -0.497 e. The second-order valence-corrected chi connectivity index (χ2v) is 5.91. The number of thiophene rings is 1. The largest absolute Gasteiger partial charge is 0.497 e. The summed E-state index contributed by atoms with van der Waals surface area (Å²) in [6.07, 6.45) is 0. The van der Waals surface area contributed by atoms with Crippen molar-refractivity contribution in [3.63, 3.8) is 0 Å². The summed E-state index contributed by atoms with van der Waals surface area (Å²) in [5, 5.41) is 0. The predicted octanol–water partition coefficient (Wildman–Crippen LogP) is 3.43. The lowest BCUT2D eigenvalue weighted by atomic mass is 9.99.